The Morgan fingerprint density at radius 1 is 1.00 bits per heavy atom. The normalized spacial score (nSPS) is 13.6. The number of likely N-dealkylation sites (tertiary alicyclic amines) is 1. The van der Waals surface area contributed by atoms with Crippen LogP contribution in [-0.4, -0.2) is 53.3 Å². The van der Waals surface area contributed by atoms with Crippen LogP contribution in [0, 0.1) is 0 Å². The number of ether oxygens (including phenoxy) is 1. The minimum Gasteiger partial charge on any atom is -0.508 e. The van der Waals surface area contributed by atoms with Gasteiger partial charge in [-0.15, -0.1) is 11.3 Å². The molecule has 0 aliphatic carbocycles. The summed E-state index contributed by atoms with van der Waals surface area (Å²) in [6.07, 6.45) is 0.628. The van der Waals surface area contributed by atoms with Gasteiger partial charge in [0.2, 0.25) is 0 Å². The number of ketones is 1. The van der Waals surface area contributed by atoms with E-state index in [1.807, 2.05) is 13.8 Å². The van der Waals surface area contributed by atoms with Gasteiger partial charge < -0.3 is 14.9 Å². The van der Waals surface area contributed by atoms with Gasteiger partial charge in [0.15, 0.2) is 5.78 Å². The van der Waals surface area contributed by atoms with Crippen molar-refractivity contribution in [2.75, 3.05) is 26.3 Å². The number of carbonyl (C=O) groups is 1. The van der Waals surface area contributed by atoms with Crippen LogP contribution in [0.15, 0.2) is 66.7 Å². The summed E-state index contributed by atoms with van der Waals surface area (Å²) in [7, 11) is 0. The molecule has 1 saturated heterocycles. The zero-order chi connectivity index (χ0) is 25.7. The summed E-state index contributed by atoms with van der Waals surface area (Å²) in [5, 5.41) is 20.4. The number of hydrogen-bond donors (Lipinski definition) is 2. The molecule has 2 N–H and O–H groups in total. The molecule has 0 unspecified atom stereocenters. The molecule has 0 atom stereocenters. The number of fused-ring (bicyclic) bond motifs is 1. The maximum Gasteiger partial charge on any atom is 0.195 e. The molecular formula is C29H30FNO4S. The van der Waals surface area contributed by atoms with E-state index in [4.69, 9.17) is 4.74 Å². The van der Waals surface area contributed by atoms with Crippen molar-refractivity contribution in [3.63, 3.8) is 0 Å². The van der Waals surface area contributed by atoms with Gasteiger partial charge in [-0.25, -0.2) is 0 Å². The van der Waals surface area contributed by atoms with Gasteiger partial charge in [-0.3, -0.25) is 14.1 Å². The quantitative estimate of drug-likeness (QED) is 0.261. The van der Waals surface area contributed by atoms with Crippen molar-refractivity contribution in [2.45, 2.75) is 26.4 Å². The van der Waals surface area contributed by atoms with Crippen molar-refractivity contribution >= 4 is 27.2 Å². The number of rotatable bonds is 8. The van der Waals surface area contributed by atoms with Gasteiger partial charge in [-0.2, -0.15) is 0 Å². The van der Waals surface area contributed by atoms with Gasteiger partial charge in [-0.1, -0.05) is 13.8 Å². The number of thiophene rings is 1. The van der Waals surface area contributed by atoms with E-state index in [-0.39, 0.29) is 30.1 Å². The molecule has 3 aromatic carbocycles. The monoisotopic (exact) mass is 507 g/mol. The third kappa shape index (κ3) is 5.53. The van der Waals surface area contributed by atoms with Crippen molar-refractivity contribution in [2.24, 2.45) is 0 Å². The lowest BCUT2D eigenvalue weighted by Gasteiger charge is -2.38. The molecule has 7 heteroatoms. The van der Waals surface area contributed by atoms with E-state index in [0.717, 1.165) is 40.2 Å². The molecule has 4 aromatic rings. The van der Waals surface area contributed by atoms with Crippen LogP contribution < -0.4 is 4.74 Å². The first kappa shape index (κ1) is 25.7. The van der Waals surface area contributed by atoms with Gasteiger partial charge >= 0.3 is 0 Å². The molecule has 0 amide bonds. The Bertz CT molecular complexity index is 1310. The Balaban J connectivity index is 0.00000148. The third-order valence-electron chi connectivity index (χ3n) is 5.98. The van der Waals surface area contributed by atoms with Crippen LogP contribution in [0.5, 0.6) is 17.2 Å². The van der Waals surface area contributed by atoms with Crippen LogP contribution in [0.25, 0.3) is 20.5 Å². The number of phenolic OH excluding ortho intramolecular Hbond substituents is 2. The molecule has 0 radical (unpaired) electrons. The van der Waals surface area contributed by atoms with Gasteiger partial charge in [0, 0.05) is 45.7 Å². The molecule has 2 heterocycles. The van der Waals surface area contributed by atoms with Crippen molar-refractivity contribution in [1.82, 2.24) is 4.90 Å². The fraction of sp³-hybridized carbons (Fsp3) is 0.276. The minimum atomic E-state index is -0.299. The molecule has 5 rings (SSSR count). The maximum atomic E-state index is 13.6. The fourth-order valence-electron chi connectivity index (χ4n) is 4.21. The molecule has 1 aromatic heterocycles. The Hall–Kier alpha value is -3.42. The van der Waals surface area contributed by atoms with Crippen LogP contribution >= 0.6 is 11.3 Å². The molecule has 0 spiro atoms. The first-order valence-electron chi connectivity index (χ1n) is 12.2. The van der Waals surface area contributed by atoms with E-state index < -0.39 is 0 Å². The molecule has 36 heavy (non-hydrogen) atoms. The molecule has 5 nitrogen and oxygen atoms in total. The van der Waals surface area contributed by atoms with E-state index in [0.29, 0.717) is 23.3 Å². The van der Waals surface area contributed by atoms with Gasteiger partial charge in [0.25, 0.3) is 0 Å². The predicted octanol–water partition coefficient (Wildman–Crippen LogP) is 6.66. The summed E-state index contributed by atoms with van der Waals surface area (Å²) in [5.74, 6) is 0.881. The Labute approximate surface area is 214 Å². The topological polar surface area (TPSA) is 70.0 Å². The summed E-state index contributed by atoms with van der Waals surface area (Å²) >= 11 is 1.43. The molecule has 1 aliphatic heterocycles. The summed E-state index contributed by atoms with van der Waals surface area (Å²) in [5.41, 5.74) is 1.93. The number of carbonyl (C=O) groups excluding carboxylic acids is 1. The van der Waals surface area contributed by atoms with Crippen LogP contribution in [0.4, 0.5) is 4.39 Å². The molecule has 1 aliphatic rings. The Kier molecular flexibility index (Phi) is 8.23. The SMILES string of the molecule is CC.O=C(c1ccc(OC2CN(CCCF)C2)cc1)c1c(-c2ccc(O)cc2)sc2cc(O)ccc12. The average Bonchev–Trinajstić information content (AvgIpc) is 3.25. The first-order chi connectivity index (χ1) is 17.5. The minimum absolute atomic E-state index is 0.0794. The van der Waals surface area contributed by atoms with Crippen LogP contribution in [-0.2, 0) is 0 Å². The molecule has 1 fully saturated rings. The third-order valence-corrected chi connectivity index (χ3v) is 7.18. The Morgan fingerprint density at radius 2 is 1.67 bits per heavy atom. The van der Waals surface area contributed by atoms with Crippen LogP contribution in [0.1, 0.15) is 36.2 Å². The van der Waals surface area contributed by atoms with E-state index in [1.54, 1.807) is 66.7 Å². The summed E-state index contributed by atoms with van der Waals surface area (Å²) in [6, 6.07) is 18.9. The standard InChI is InChI=1S/C27H24FNO4S.C2H6/c28-12-1-13-29-15-22(16-29)33-21-9-4-17(5-10-21)26(32)25-23-11-8-20(31)14-24(23)34-27(25)18-2-6-19(30)7-3-18;1-2/h2-11,14,22,30-31H,1,12-13,15-16H2;1-2H3. The van der Waals surface area contributed by atoms with Crippen molar-refractivity contribution < 1.29 is 24.1 Å². The second-order valence-corrected chi connectivity index (χ2v) is 9.48. The lowest BCUT2D eigenvalue weighted by molar-refractivity contribution is 0.0184. The molecule has 0 saturated carbocycles. The number of aromatic hydroxyl groups is 2. The highest BCUT2D eigenvalue weighted by Crippen LogP contribution is 2.41. The van der Waals surface area contributed by atoms with Crippen molar-refractivity contribution in [3.05, 3.63) is 77.9 Å². The number of nitrogens with zero attached hydrogens (tertiary/aromatic N) is 1. The van der Waals surface area contributed by atoms with Crippen LogP contribution in [0.3, 0.4) is 0 Å². The number of benzene rings is 3. The van der Waals surface area contributed by atoms with Gasteiger partial charge in [0.1, 0.15) is 23.4 Å². The van der Waals surface area contributed by atoms with E-state index >= 15 is 0 Å². The highest BCUT2D eigenvalue weighted by atomic mass is 32.1. The van der Waals surface area contributed by atoms with E-state index in [9.17, 15) is 19.4 Å². The Morgan fingerprint density at radius 3 is 2.33 bits per heavy atom. The zero-order valence-corrected chi connectivity index (χ0v) is 21.2. The molecular weight excluding hydrogens is 477 g/mol. The lowest BCUT2D eigenvalue weighted by atomic mass is 9.97. The predicted molar refractivity (Wildman–Crippen MR) is 143 cm³/mol. The fourth-order valence-corrected chi connectivity index (χ4v) is 5.45. The zero-order valence-electron chi connectivity index (χ0n) is 20.4. The molecule has 188 valence electrons. The number of alkyl halides is 1. The second kappa shape index (κ2) is 11.5. The lowest BCUT2D eigenvalue weighted by Crippen LogP contribution is -2.53. The second-order valence-electron chi connectivity index (χ2n) is 8.43. The van der Waals surface area contributed by atoms with Crippen molar-refractivity contribution in [3.8, 4) is 27.7 Å². The van der Waals surface area contributed by atoms with E-state index in [2.05, 4.69) is 4.90 Å². The maximum absolute atomic E-state index is 13.6. The summed E-state index contributed by atoms with van der Waals surface area (Å²) in [4.78, 5) is 16.6. The smallest absolute Gasteiger partial charge is 0.195 e. The van der Waals surface area contributed by atoms with E-state index in [1.165, 1.54) is 11.3 Å². The van der Waals surface area contributed by atoms with Crippen LogP contribution in [0.2, 0.25) is 0 Å². The number of hydrogen-bond acceptors (Lipinski definition) is 6. The first-order valence-corrected chi connectivity index (χ1v) is 13.0. The van der Waals surface area contributed by atoms with Crippen molar-refractivity contribution in [1.29, 1.82) is 0 Å². The highest BCUT2D eigenvalue weighted by molar-refractivity contribution is 7.22. The number of phenols is 2. The van der Waals surface area contributed by atoms with Gasteiger partial charge in [-0.05, 0) is 78.7 Å². The summed E-state index contributed by atoms with van der Waals surface area (Å²) in [6.45, 7) is 6.01. The highest BCUT2D eigenvalue weighted by Gasteiger charge is 2.28. The summed E-state index contributed by atoms with van der Waals surface area (Å²) < 4.78 is 19.1. The molecule has 0 bridgehead atoms. The number of halogens is 1. The average molecular weight is 508 g/mol. The van der Waals surface area contributed by atoms with Gasteiger partial charge in [0.05, 0.1) is 6.67 Å². The largest absolute Gasteiger partial charge is 0.508 e.